The molecule has 3 aromatic rings. The van der Waals surface area contributed by atoms with Gasteiger partial charge >= 0.3 is 7.94 Å². The maximum atomic E-state index is 6.10. The molecule has 3 aromatic carbocycles. The van der Waals surface area contributed by atoms with Gasteiger partial charge in [0, 0.05) is 0 Å². The van der Waals surface area contributed by atoms with E-state index in [9.17, 15) is 0 Å². The first-order valence-corrected chi connectivity index (χ1v) is 12.4. The molecule has 0 radical (unpaired) electrons. The molecule has 0 unspecified atom stereocenters. The largest absolute Gasteiger partial charge is 0.463 e. The van der Waals surface area contributed by atoms with Gasteiger partial charge in [-0.1, -0.05) is 60.2 Å². The summed E-state index contributed by atoms with van der Waals surface area (Å²) in [7, 11) is -2.91. The van der Waals surface area contributed by atoms with E-state index in [2.05, 4.69) is 0 Å². The second kappa shape index (κ2) is 13.6. The number of benzene rings is 3. The summed E-state index contributed by atoms with van der Waals surface area (Å²) in [5, 5.41) is 0. The van der Waals surface area contributed by atoms with Crippen molar-refractivity contribution >= 4 is 7.94 Å². The lowest BCUT2D eigenvalue weighted by Gasteiger charge is -2.21. The maximum Gasteiger partial charge on any atom is 0.425 e. The highest BCUT2D eigenvalue weighted by atomic mass is 31.2. The van der Waals surface area contributed by atoms with E-state index in [0.717, 1.165) is 5.57 Å². The zero-order chi connectivity index (χ0) is 23.2. The van der Waals surface area contributed by atoms with Gasteiger partial charge in [0.15, 0.2) is 6.16 Å². The Labute approximate surface area is 196 Å². The number of hydrogen-bond donors (Lipinski definition) is 0. The standard InChI is InChI=1S/C26H30O6P/c1-23(2)18-19-33(30-20-27-24-12-6-3-7-13-24,31-21-28-25-14-8-4-9-15-25)32-22-29-26-16-10-5-11-17-26/h3-18H,19-22H2,1-2H3/q+1. The molecule has 0 amide bonds. The molecule has 0 bridgehead atoms. The van der Waals surface area contributed by atoms with Gasteiger partial charge in [-0.15, -0.1) is 13.6 Å². The molecule has 0 saturated carbocycles. The van der Waals surface area contributed by atoms with Crippen LogP contribution in [0.15, 0.2) is 103 Å². The van der Waals surface area contributed by atoms with Crippen molar-refractivity contribution in [3.05, 3.63) is 103 Å². The Kier molecular flexibility index (Phi) is 10.2. The van der Waals surface area contributed by atoms with Crippen LogP contribution in [0.4, 0.5) is 0 Å². The second-order valence-corrected chi connectivity index (χ2v) is 9.55. The van der Waals surface area contributed by atoms with Gasteiger partial charge in [0.25, 0.3) is 0 Å². The smallest absolute Gasteiger partial charge is 0.425 e. The predicted molar refractivity (Wildman–Crippen MR) is 130 cm³/mol. The molecular weight excluding hydrogens is 439 g/mol. The van der Waals surface area contributed by atoms with E-state index in [4.69, 9.17) is 27.8 Å². The van der Waals surface area contributed by atoms with Crippen LogP contribution in [0.25, 0.3) is 0 Å². The number of para-hydroxylation sites is 3. The average Bonchev–Trinajstić information content (AvgIpc) is 2.85. The molecule has 0 heterocycles. The van der Waals surface area contributed by atoms with Crippen molar-refractivity contribution in [1.82, 2.24) is 0 Å². The van der Waals surface area contributed by atoms with Gasteiger partial charge in [-0.05, 0) is 56.3 Å². The van der Waals surface area contributed by atoms with Gasteiger partial charge in [-0.2, -0.15) is 0 Å². The van der Waals surface area contributed by atoms with E-state index >= 15 is 0 Å². The third kappa shape index (κ3) is 9.24. The van der Waals surface area contributed by atoms with Crippen molar-refractivity contribution < 1.29 is 27.8 Å². The monoisotopic (exact) mass is 469 g/mol. The first-order chi connectivity index (χ1) is 16.2. The van der Waals surface area contributed by atoms with Crippen LogP contribution in [0.5, 0.6) is 17.2 Å². The fourth-order valence-electron chi connectivity index (χ4n) is 2.64. The van der Waals surface area contributed by atoms with Crippen LogP contribution < -0.4 is 14.2 Å². The van der Waals surface area contributed by atoms with Crippen LogP contribution in [0.2, 0.25) is 0 Å². The van der Waals surface area contributed by atoms with Crippen LogP contribution in [0.1, 0.15) is 13.8 Å². The van der Waals surface area contributed by atoms with E-state index < -0.39 is 7.94 Å². The highest BCUT2D eigenvalue weighted by Gasteiger charge is 2.46. The minimum absolute atomic E-state index is 0.0366. The third-order valence-electron chi connectivity index (χ3n) is 4.38. The third-order valence-corrected chi connectivity index (χ3v) is 6.50. The molecule has 0 fully saturated rings. The van der Waals surface area contributed by atoms with Crippen molar-refractivity contribution in [2.45, 2.75) is 13.8 Å². The lowest BCUT2D eigenvalue weighted by atomic mass is 10.3. The summed E-state index contributed by atoms with van der Waals surface area (Å²) >= 11 is 0. The van der Waals surface area contributed by atoms with Crippen molar-refractivity contribution in [2.75, 3.05) is 26.5 Å². The normalized spacial score (nSPS) is 11.0. The molecule has 0 atom stereocenters. The van der Waals surface area contributed by atoms with Crippen molar-refractivity contribution in [2.24, 2.45) is 0 Å². The van der Waals surface area contributed by atoms with Crippen molar-refractivity contribution in [3.8, 4) is 17.2 Å². The van der Waals surface area contributed by atoms with E-state index in [-0.39, 0.29) is 20.4 Å². The van der Waals surface area contributed by atoms with E-state index in [1.165, 1.54) is 0 Å². The van der Waals surface area contributed by atoms with Crippen LogP contribution in [-0.4, -0.2) is 26.5 Å². The van der Waals surface area contributed by atoms with Gasteiger partial charge < -0.3 is 14.2 Å². The molecule has 7 heteroatoms. The lowest BCUT2D eigenvalue weighted by molar-refractivity contribution is 0.00715. The fourth-order valence-corrected chi connectivity index (χ4v) is 4.41. The summed E-state index contributed by atoms with van der Waals surface area (Å²) in [6.07, 6.45) is 2.44. The highest BCUT2D eigenvalue weighted by molar-refractivity contribution is 7.61. The Morgan fingerprint density at radius 2 is 0.909 bits per heavy atom. The van der Waals surface area contributed by atoms with E-state index in [1.807, 2.05) is 111 Å². The molecule has 0 aliphatic carbocycles. The molecular formula is C26H30O6P+. The quantitative estimate of drug-likeness (QED) is 0.146. The minimum Gasteiger partial charge on any atom is -0.463 e. The van der Waals surface area contributed by atoms with Gasteiger partial charge in [-0.25, -0.2) is 0 Å². The molecule has 6 nitrogen and oxygen atoms in total. The van der Waals surface area contributed by atoms with Gasteiger partial charge in [0.2, 0.25) is 20.4 Å². The van der Waals surface area contributed by atoms with Crippen LogP contribution in [-0.2, 0) is 13.6 Å². The summed E-state index contributed by atoms with van der Waals surface area (Å²) in [5.74, 6) is 2.08. The molecule has 33 heavy (non-hydrogen) atoms. The topological polar surface area (TPSA) is 55.4 Å². The Bertz CT molecular complexity index is 835. The second-order valence-electron chi connectivity index (χ2n) is 7.19. The summed E-state index contributed by atoms with van der Waals surface area (Å²) in [4.78, 5) is 0. The molecule has 0 N–H and O–H groups in total. The Morgan fingerprint density at radius 1 is 0.576 bits per heavy atom. The number of hydrogen-bond acceptors (Lipinski definition) is 6. The van der Waals surface area contributed by atoms with E-state index in [0.29, 0.717) is 23.4 Å². The molecule has 0 aliphatic heterocycles. The average molecular weight is 469 g/mol. The minimum atomic E-state index is -2.91. The first kappa shape index (κ1) is 24.7. The number of allylic oxidation sites excluding steroid dienone is 2. The predicted octanol–water partition coefficient (Wildman–Crippen LogP) is 6.87. The molecule has 0 spiro atoms. The molecule has 3 rings (SSSR count). The Balaban J connectivity index is 1.68. The van der Waals surface area contributed by atoms with Gasteiger partial charge in [-0.3, -0.25) is 0 Å². The van der Waals surface area contributed by atoms with Crippen LogP contribution in [0, 0.1) is 0 Å². The SMILES string of the molecule is CC(C)=CC[P+](OCOc1ccccc1)(OCOc1ccccc1)OCOc1ccccc1. The molecule has 0 saturated heterocycles. The molecule has 0 aliphatic rings. The zero-order valence-corrected chi connectivity index (χ0v) is 19.9. The maximum absolute atomic E-state index is 6.10. The van der Waals surface area contributed by atoms with Crippen LogP contribution >= 0.6 is 7.94 Å². The fraction of sp³-hybridized carbons (Fsp3) is 0.231. The summed E-state index contributed by atoms with van der Waals surface area (Å²) in [6.45, 7) is 3.91. The van der Waals surface area contributed by atoms with Crippen LogP contribution in [0.3, 0.4) is 0 Å². The van der Waals surface area contributed by atoms with Crippen molar-refractivity contribution in [1.29, 1.82) is 0 Å². The summed E-state index contributed by atoms with van der Waals surface area (Å²) < 4.78 is 35.5. The number of rotatable bonds is 14. The van der Waals surface area contributed by atoms with Gasteiger partial charge in [0.05, 0.1) is 0 Å². The molecule has 0 aromatic heterocycles. The van der Waals surface area contributed by atoms with E-state index in [1.54, 1.807) is 0 Å². The summed E-state index contributed by atoms with van der Waals surface area (Å²) in [6, 6.07) is 28.3. The highest BCUT2D eigenvalue weighted by Crippen LogP contribution is 2.62. The van der Waals surface area contributed by atoms with Crippen molar-refractivity contribution in [3.63, 3.8) is 0 Å². The first-order valence-electron chi connectivity index (χ1n) is 10.6. The molecule has 174 valence electrons. The zero-order valence-electron chi connectivity index (χ0n) is 19.0. The lowest BCUT2D eigenvalue weighted by Crippen LogP contribution is -2.18. The Morgan fingerprint density at radius 3 is 1.21 bits per heavy atom. The summed E-state index contributed by atoms with van der Waals surface area (Å²) in [5.41, 5.74) is 1.12. The Hall–Kier alpha value is -2.89. The number of ether oxygens (including phenoxy) is 3. The van der Waals surface area contributed by atoms with Gasteiger partial charge in [0.1, 0.15) is 17.2 Å².